The molecular formula is C12H9F3N2O2. The molecule has 1 amide bonds. The first-order valence-electron chi connectivity index (χ1n) is 5.25. The number of amides is 1. The molecule has 0 aliphatic rings. The minimum absolute atomic E-state index is 0.0461. The van der Waals surface area contributed by atoms with Crippen molar-refractivity contribution in [2.24, 2.45) is 5.73 Å². The van der Waals surface area contributed by atoms with E-state index in [1.165, 1.54) is 19.1 Å². The number of alkyl halides is 3. The number of H-pyrrole nitrogens is 1. The largest absolute Gasteiger partial charge is 0.416 e. The highest BCUT2D eigenvalue weighted by molar-refractivity contribution is 5.96. The second-order valence-electron chi connectivity index (χ2n) is 4.08. The molecule has 0 atom stereocenters. The number of halogens is 3. The van der Waals surface area contributed by atoms with Crippen molar-refractivity contribution < 1.29 is 18.0 Å². The van der Waals surface area contributed by atoms with E-state index in [9.17, 15) is 22.8 Å². The Balaban J connectivity index is 2.83. The molecule has 0 radical (unpaired) electrons. The highest BCUT2D eigenvalue weighted by atomic mass is 19.4. The first-order valence-corrected chi connectivity index (χ1v) is 5.25. The molecule has 0 unspecified atom stereocenters. The minimum Gasteiger partial charge on any atom is -0.365 e. The topological polar surface area (TPSA) is 76.0 Å². The fraction of sp³-hybridized carbons (Fsp3) is 0.167. The Kier molecular flexibility index (Phi) is 2.84. The zero-order valence-corrected chi connectivity index (χ0v) is 9.76. The van der Waals surface area contributed by atoms with Gasteiger partial charge >= 0.3 is 6.18 Å². The number of fused-ring (bicyclic) bond motifs is 1. The van der Waals surface area contributed by atoms with Crippen LogP contribution in [0.1, 0.15) is 21.5 Å². The van der Waals surface area contributed by atoms with Crippen LogP contribution in [0.3, 0.4) is 0 Å². The summed E-state index contributed by atoms with van der Waals surface area (Å²) in [5.74, 6) is -0.930. The lowest BCUT2D eigenvalue weighted by Gasteiger charge is -2.12. The van der Waals surface area contributed by atoms with Gasteiger partial charge in [0.05, 0.1) is 11.1 Å². The van der Waals surface area contributed by atoms with Gasteiger partial charge in [0.2, 0.25) is 0 Å². The van der Waals surface area contributed by atoms with Gasteiger partial charge in [0.1, 0.15) is 5.56 Å². The van der Waals surface area contributed by atoms with Crippen molar-refractivity contribution in [3.8, 4) is 0 Å². The molecule has 19 heavy (non-hydrogen) atoms. The van der Waals surface area contributed by atoms with E-state index in [1.54, 1.807) is 0 Å². The molecule has 4 nitrogen and oxygen atoms in total. The third kappa shape index (κ3) is 2.18. The number of benzene rings is 1. The van der Waals surface area contributed by atoms with Crippen LogP contribution in [-0.2, 0) is 6.18 Å². The van der Waals surface area contributed by atoms with E-state index in [-0.39, 0.29) is 16.6 Å². The van der Waals surface area contributed by atoms with Crippen LogP contribution in [0.4, 0.5) is 13.2 Å². The van der Waals surface area contributed by atoms with Gasteiger partial charge in [0.15, 0.2) is 0 Å². The summed E-state index contributed by atoms with van der Waals surface area (Å²) in [6, 6.07) is 3.28. The van der Waals surface area contributed by atoms with Gasteiger partial charge in [-0.05, 0) is 30.0 Å². The molecule has 0 aliphatic heterocycles. The van der Waals surface area contributed by atoms with E-state index in [0.29, 0.717) is 5.39 Å². The average molecular weight is 270 g/mol. The maximum Gasteiger partial charge on any atom is 0.416 e. The standard InChI is InChI=1S/C12H9F3N2O2/c1-5-8(12(13,14)15)3-2-6-4-7(10(16)18)11(19)17-9(5)6/h2-4H,1H3,(H2,16,18)(H,17,19). The van der Waals surface area contributed by atoms with Gasteiger partial charge in [-0.2, -0.15) is 13.2 Å². The second kappa shape index (κ2) is 4.11. The Hall–Kier alpha value is -2.31. The van der Waals surface area contributed by atoms with Crippen LogP contribution >= 0.6 is 0 Å². The molecule has 100 valence electrons. The lowest BCUT2D eigenvalue weighted by molar-refractivity contribution is -0.137. The molecule has 0 saturated carbocycles. The monoisotopic (exact) mass is 270 g/mol. The Morgan fingerprint density at radius 1 is 1.32 bits per heavy atom. The van der Waals surface area contributed by atoms with Crippen molar-refractivity contribution in [2.75, 3.05) is 0 Å². The molecular weight excluding hydrogens is 261 g/mol. The predicted octanol–water partition coefficient (Wildman–Crippen LogP) is 1.95. The molecule has 2 rings (SSSR count). The zero-order chi connectivity index (χ0) is 14.4. The van der Waals surface area contributed by atoms with E-state index in [2.05, 4.69) is 4.98 Å². The predicted molar refractivity (Wildman–Crippen MR) is 62.8 cm³/mol. The number of nitrogens with two attached hydrogens (primary N) is 1. The SMILES string of the molecule is Cc1c(C(F)(F)F)ccc2cc(C(N)=O)c(=O)[nH]c12. The maximum absolute atomic E-state index is 12.7. The zero-order valence-electron chi connectivity index (χ0n) is 9.76. The van der Waals surface area contributed by atoms with Crippen LogP contribution in [0, 0.1) is 6.92 Å². The fourth-order valence-corrected chi connectivity index (χ4v) is 1.91. The van der Waals surface area contributed by atoms with E-state index < -0.39 is 23.2 Å². The summed E-state index contributed by atoms with van der Waals surface area (Å²) in [5.41, 5.74) is 3.03. The van der Waals surface area contributed by atoms with Crippen molar-refractivity contribution in [3.63, 3.8) is 0 Å². The quantitative estimate of drug-likeness (QED) is 0.831. The van der Waals surface area contributed by atoms with Crippen LogP contribution in [-0.4, -0.2) is 10.9 Å². The van der Waals surface area contributed by atoms with E-state index in [4.69, 9.17) is 5.73 Å². The van der Waals surface area contributed by atoms with Gasteiger partial charge in [-0.25, -0.2) is 0 Å². The molecule has 0 spiro atoms. The Morgan fingerprint density at radius 3 is 2.47 bits per heavy atom. The molecule has 1 aromatic carbocycles. The van der Waals surface area contributed by atoms with Gasteiger partial charge in [0, 0.05) is 0 Å². The second-order valence-corrected chi connectivity index (χ2v) is 4.08. The van der Waals surface area contributed by atoms with Gasteiger partial charge in [-0.3, -0.25) is 9.59 Å². The summed E-state index contributed by atoms with van der Waals surface area (Å²) in [7, 11) is 0. The maximum atomic E-state index is 12.7. The van der Waals surface area contributed by atoms with Crippen LogP contribution < -0.4 is 11.3 Å². The Bertz CT molecular complexity index is 732. The number of hydrogen-bond acceptors (Lipinski definition) is 2. The van der Waals surface area contributed by atoms with Gasteiger partial charge in [-0.15, -0.1) is 0 Å². The molecule has 1 aromatic heterocycles. The van der Waals surface area contributed by atoms with Crippen molar-refractivity contribution in [1.82, 2.24) is 4.98 Å². The molecule has 0 bridgehead atoms. The molecule has 1 heterocycles. The van der Waals surface area contributed by atoms with E-state index in [1.807, 2.05) is 0 Å². The van der Waals surface area contributed by atoms with Crippen LogP contribution in [0.2, 0.25) is 0 Å². The van der Waals surface area contributed by atoms with Crippen molar-refractivity contribution in [1.29, 1.82) is 0 Å². The van der Waals surface area contributed by atoms with E-state index >= 15 is 0 Å². The van der Waals surface area contributed by atoms with E-state index in [0.717, 1.165) is 6.07 Å². The summed E-state index contributed by atoms with van der Waals surface area (Å²) in [6.07, 6.45) is -4.50. The Morgan fingerprint density at radius 2 is 1.95 bits per heavy atom. The summed E-state index contributed by atoms with van der Waals surface area (Å²) >= 11 is 0. The number of hydrogen-bond donors (Lipinski definition) is 2. The van der Waals surface area contributed by atoms with Crippen LogP contribution in [0.15, 0.2) is 23.0 Å². The molecule has 0 aliphatic carbocycles. The molecule has 0 saturated heterocycles. The number of nitrogens with one attached hydrogen (secondary N) is 1. The smallest absolute Gasteiger partial charge is 0.365 e. The Labute approximate surface area is 105 Å². The third-order valence-electron chi connectivity index (χ3n) is 2.85. The number of carbonyl (C=O) groups excluding carboxylic acids is 1. The highest BCUT2D eigenvalue weighted by Gasteiger charge is 2.33. The van der Waals surface area contributed by atoms with Crippen molar-refractivity contribution >= 4 is 16.8 Å². The van der Waals surface area contributed by atoms with Gasteiger partial charge in [0.25, 0.3) is 11.5 Å². The van der Waals surface area contributed by atoms with Crippen molar-refractivity contribution in [2.45, 2.75) is 13.1 Å². The van der Waals surface area contributed by atoms with Crippen molar-refractivity contribution in [3.05, 3.63) is 45.2 Å². The number of rotatable bonds is 1. The average Bonchev–Trinajstić information content (AvgIpc) is 2.27. The lowest BCUT2D eigenvalue weighted by Crippen LogP contribution is -2.23. The summed E-state index contributed by atoms with van der Waals surface area (Å²) in [5, 5.41) is 0.318. The first kappa shape index (κ1) is 13.1. The van der Waals surface area contributed by atoms with Crippen LogP contribution in [0.5, 0.6) is 0 Å². The summed E-state index contributed by atoms with van der Waals surface area (Å²) < 4.78 is 38.2. The number of pyridine rings is 1. The number of carbonyl (C=O) groups is 1. The molecule has 7 heteroatoms. The van der Waals surface area contributed by atoms with Gasteiger partial charge < -0.3 is 10.7 Å². The number of aromatic amines is 1. The summed E-state index contributed by atoms with van der Waals surface area (Å²) in [6.45, 7) is 1.25. The molecule has 0 fully saturated rings. The highest BCUT2D eigenvalue weighted by Crippen LogP contribution is 2.34. The summed E-state index contributed by atoms with van der Waals surface area (Å²) in [4.78, 5) is 24.8. The number of aromatic nitrogens is 1. The lowest BCUT2D eigenvalue weighted by atomic mass is 10.0. The first-order chi connectivity index (χ1) is 8.71. The minimum atomic E-state index is -4.50. The normalized spacial score (nSPS) is 11.8. The van der Waals surface area contributed by atoms with Crippen LogP contribution in [0.25, 0.3) is 10.9 Å². The molecule has 3 N–H and O–H groups in total. The van der Waals surface area contributed by atoms with Gasteiger partial charge in [-0.1, -0.05) is 6.07 Å². The fourth-order valence-electron chi connectivity index (χ4n) is 1.91. The third-order valence-corrected chi connectivity index (χ3v) is 2.85. The number of aryl methyl sites for hydroxylation is 1. The molecule has 2 aromatic rings. The number of primary amides is 1.